The van der Waals surface area contributed by atoms with Crippen molar-refractivity contribution in [3.05, 3.63) is 30.3 Å². The Morgan fingerprint density at radius 2 is 1.92 bits per heavy atom. The highest BCUT2D eigenvalue weighted by Gasteiger charge is 2.40. The molecule has 4 unspecified atom stereocenters. The molecule has 1 aromatic rings. The van der Waals surface area contributed by atoms with E-state index in [0.29, 0.717) is 17.5 Å². The SMILES string of the molecule is CCN(CC)CC1CN2CCC1CC2CNS(=O)(=O)c1ccccc1. The van der Waals surface area contributed by atoms with Crippen molar-refractivity contribution >= 4 is 10.0 Å². The van der Waals surface area contributed by atoms with E-state index in [2.05, 4.69) is 28.4 Å². The summed E-state index contributed by atoms with van der Waals surface area (Å²) < 4.78 is 27.7. The first kappa shape index (κ1) is 18.8. The number of nitrogens with zero attached hydrogens (tertiary/aromatic N) is 2. The van der Waals surface area contributed by atoms with Crippen LogP contribution in [0.4, 0.5) is 0 Å². The smallest absolute Gasteiger partial charge is 0.240 e. The number of hydrogen-bond acceptors (Lipinski definition) is 4. The van der Waals surface area contributed by atoms with Crippen molar-refractivity contribution in [2.24, 2.45) is 11.8 Å². The largest absolute Gasteiger partial charge is 0.304 e. The van der Waals surface area contributed by atoms with Crippen LogP contribution >= 0.6 is 0 Å². The Balaban J connectivity index is 1.56. The molecule has 0 aliphatic carbocycles. The standard InChI is InChI=1S/C19H31N3O2S/c1-3-21(4-2)14-17-15-22-11-10-16(17)12-18(22)13-20-25(23,24)19-8-6-5-7-9-19/h5-9,16-18,20H,3-4,10-15H2,1-2H3. The molecule has 3 saturated heterocycles. The van der Waals surface area contributed by atoms with E-state index in [4.69, 9.17) is 0 Å². The molecule has 6 heteroatoms. The normalized spacial score (nSPS) is 29.2. The van der Waals surface area contributed by atoms with Crippen LogP contribution in [0, 0.1) is 11.8 Å². The van der Waals surface area contributed by atoms with Crippen molar-refractivity contribution in [2.45, 2.75) is 37.6 Å². The molecule has 2 bridgehead atoms. The molecule has 3 fully saturated rings. The van der Waals surface area contributed by atoms with Gasteiger partial charge in [0, 0.05) is 25.7 Å². The molecule has 0 aromatic heterocycles. The van der Waals surface area contributed by atoms with E-state index in [1.165, 1.54) is 13.0 Å². The van der Waals surface area contributed by atoms with E-state index in [1.54, 1.807) is 24.3 Å². The lowest BCUT2D eigenvalue weighted by molar-refractivity contribution is -0.00911. The van der Waals surface area contributed by atoms with E-state index in [1.807, 2.05) is 6.07 Å². The fourth-order valence-electron chi connectivity index (χ4n) is 4.37. The maximum Gasteiger partial charge on any atom is 0.240 e. The zero-order chi connectivity index (χ0) is 17.9. The van der Waals surface area contributed by atoms with Gasteiger partial charge in [0.1, 0.15) is 0 Å². The molecule has 4 rings (SSSR count). The van der Waals surface area contributed by atoms with Crippen LogP contribution in [0.3, 0.4) is 0 Å². The van der Waals surface area contributed by atoms with Gasteiger partial charge in [-0.2, -0.15) is 0 Å². The summed E-state index contributed by atoms with van der Waals surface area (Å²) in [6.07, 6.45) is 2.37. The molecule has 3 aliphatic heterocycles. The van der Waals surface area contributed by atoms with Gasteiger partial charge in [0.15, 0.2) is 0 Å². The number of nitrogens with one attached hydrogen (secondary N) is 1. The topological polar surface area (TPSA) is 52.6 Å². The molecule has 4 atom stereocenters. The maximum absolute atomic E-state index is 12.4. The number of rotatable bonds is 8. The molecule has 140 valence electrons. The number of hydrogen-bond donors (Lipinski definition) is 1. The summed E-state index contributed by atoms with van der Waals surface area (Å²) >= 11 is 0. The first-order chi connectivity index (χ1) is 12.0. The van der Waals surface area contributed by atoms with Crippen LogP contribution in [-0.4, -0.2) is 63.5 Å². The van der Waals surface area contributed by atoms with Gasteiger partial charge in [-0.1, -0.05) is 32.0 Å². The van der Waals surface area contributed by atoms with Crippen molar-refractivity contribution in [3.8, 4) is 0 Å². The molecule has 1 N–H and O–H groups in total. The van der Waals surface area contributed by atoms with Crippen molar-refractivity contribution in [1.82, 2.24) is 14.5 Å². The third-order valence-electron chi connectivity index (χ3n) is 5.96. The Hall–Kier alpha value is -0.950. The van der Waals surface area contributed by atoms with E-state index in [0.717, 1.165) is 44.4 Å². The van der Waals surface area contributed by atoms with E-state index >= 15 is 0 Å². The Kier molecular flexibility index (Phi) is 6.15. The fraction of sp³-hybridized carbons (Fsp3) is 0.684. The summed E-state index contributed by atoms with van der Waals surface area (Å²) in [5, 5.41) is 0. The monoisotopic (exact) mass is 365 g/mol. The van der Waals surface area contributed by atoms with Gasteiger partial charge in [-0.15, -0.1) is 0 Å². The van der Waals surface area contributed by atoms with E-state index in [9.17, 15) is 8.42 Å². The van der Waals surface area contributed by atoms with Crippen LogP contribution < -0.4 is 4.72 Å². The van der Waals surface area contributed by atoms with Gasteiger partial charge >= 0.3 is 0 Å². The van der Waals surface area contributed by atoms with Crippen molar-refractivity contribution in [1.29, 1.82) is 0 Å². The maximum atomic E-state index is 12.4. The van der Waals surface area contributed by atoms with Crippen LogP contribution in [0.1, 0.15) is 26.7 Å². The minimum atomic E-state index is -3.40. The summed E-state index contributed by atoms with van der Waals surface area (Å²) in [5.41, 5.74) is 0. The predicted octanol–water partition coefficient (Wildman–Crippen LogP) is 2.02. The lowest BCUT2D eigenvalue weighted by Gasteiger charge is -2.50. The average Bonchev–Trinajstić information content (AvgIpc) is 2.66. The van der Waals surface area contributed by atoms with Crippen molar-refractivity contribution in [3.63, 3.8) is 0 Å². The second-order valence-electron chi connectivity index (χ2n) is 7.34. The number of fused-ring (bicyclic) bond motifs is 3. The Morgan fingerprint density at radius 3 is 2.52 bits per heavy atom. The van der Waals surface area contributed by atoms with Crippen LogP contribution in [0.25, 0.3) is 0 Å². The number of sulfonamides is 1. The predicted molar refractivity (Wildman–Crippen MR) is 101 cm³/mol. The van der Waals surface area contributed by atoms with Crippen LogP contribution in [-0.2, 0) is 10.0 Å². The highest BCUT2D eigenvalue weighted by molar-refractivity contribution is 7.89. The zero-order valence-electron chi connectivity index (χ0n) is 15.4. The Morgan fingerprint density at radius 1 is 1.20 bits per heavy atom. The molecule has 1 aromatic carbocycles. The summed E-state index contributed by atoms with van der Waals surface area (Å²) in [6, 6.07) is 8.99. The van der Waals surface area contributed by atoms with Crippen LogP contribution in [0.15, 0.2) is 35.2 Å². The highest BCUT2D eigenvalue weighted by Crippen LogP contribution is 2.36. The lowest BCUT2D eigenvalue weighted by Crippen LogP contribution is -2.58. The first-order valence-electron chi connectivity index (χ1n) is 9.54. The minimum absolute atomic E-state index is 0.338. The molecule has 0 saturated carbocycles. The third kappa shape index (κ3) is 4.42. The first-order valence-corrected chi connectivity index (χ1v) is 11.0. The molecule has 0 spiro atoms. The molecule has 5 nitrogen and oxygen atoms in total. The second-order valence-corrected chi connectivity index (χ2v) is 9.11. The van der Waals surface area contributed by atoms with Gasteiger partial charge in [0.2, 0.25) is 10.0 Å². The zero-order valence-corrected chi connectivity index (χ0v) is 16.2. The highest BCUT2D eigenvalue weighted by atomic mass is 32.2. The average molecular weight is 366 g/mol. The summed E-state index contributed by atoms with van der Waals surface area (Å²) in [6.45, 7) is 10.6. The van der Waals surface area contributed by atoms with Gasteiger partial charge in [-0.25, -0.2) is 13.1 Å². The Labute approximate surface area is 152 Å². The molecular formula is C19H31N3O2S. The molecular weight excluding hydrogens is 334 g/mol. The third-order valence-corrected chi connectivity index (χ3v) is 7.40. The van der Waals surface area contributed by atoms with E-state index in [-0.39, 0.29) is 0 Å². The molecule has 3 heterocycles. The second kappa shape index (κ2) is 8.16. The number of benzene rings is 1. The van der Waals surface area contributed by atoms with E-state index < -0.39 is 10.0 Å². The van der Waals surface area contributed by atoms with Crippen LogP contribution in [0.2, 0.25) is 0 Å². The minimum Gasteiger partial charge on any atom is -0.304 e. The van der Waals surface area contributed by atoms with Gasteiger partial charge < -0.3 is 4.90 Å². The summed E-state index contributed by atoms with van der Waals surface area (Å²) in [4.78, 5) is 5.37. The summed E-state index contributed by atoms with van der Waals surface area (Å²) in [7, 11) is -3.40. The van der Waals surface area contributed by atoms with Crippen molar-refractivity contribution in [2.75, 3.05) is 39.3 Å². The quantitative estimate of drug-likeness (QED) is 0.766. The summed E-state index contributed by atoms with van der Waals surface area (Å²) in [5.74, 6) is 1.47. The van der Waals surface area contributed by atoms with Gasteiger partial charge in [-0.3, -0.25) is 4.90 Å². The molecule has 25 heavy (non-hydrogen) atoms. The molecule has 0 amide bonds. The lowest BCUT2D eigenvalue weighted by atomic mass is 9.75. The number of piperidine rings is 3. The van der Waals surface area contributed by atoms with Crippen LogP contribution in [0.5, 0.6) is 0 Å². The van der Waals surface area contributed by atoms with Gasteiger partial charge in [0.05, 0.1) is 4.90 Å². The van der Waals surface area contributed by atoms with Crippen molar-refractivity contribution < 1.29 is 8.42 Å². The Bertz CT molecular complexity index is 646. The fourth-order valence-corrected chi connectivity index (χ4v) is 5.46. The van der Waals surface area contributed by atoms with Gasteiger partial charge in [-0.05, 0) is 56.4 Å². The molecule has 0 radical (unpaired) electrons. The van der Waals surface area contributed by atoms with Gasteiger partial charge in [0.25, 0.3) is 0 Å². The molecule has 3 aliphatic rings.